The molecule has 2 heteroatoms. The summed E-state index contributed by atoms with van der Waals surface area (Å²) in [5, 5.41) is 0. The third kappa shape index (κ3) is 18.0. The summed E-state index contributed by atoms with van der Waals surface area (Å²) in [5.74, 6) is 0.759. The number of halogens is 1. The quantitative estimate of drug-likeness (QED) is 0.111. The molecule has 2 N–H and O–H groups in total. The van der Waals surface area contributed by atoms with Crippen molar-refractivity contribution in [1.82, 2.24) is 0 Å². The molecule has 0 saturated carbocycles. The van der Waals surface area contributed by atoms with E-state index in [1.54, 1.807) is 0 Å². The second kappa shape index (κ2) is 23.4. The molecule has 0 fully saturated rings. The summed E-state index contributed by atoms with van der Waals surface area (Å²) in [5.41, 5.74) is 7.37. The van der Waals surface area contributed by atoms with Gasteiger partial charge < -0.3 is 5.73 Å². The summed E-state index contributed by atoms with van der Waals surface area (Å²) in [7, 11) is 0. The van der Waals surface area contributed by atoms with Gasteiger partial charge in [0.25, 0.3) is 0 Å². The molecule has 0 saturated heterocycles. The third-order valence-corrected chi connectivity index (χ3v) is 6.87. The molecule has 0 heterocycles. The number of nitrogens with two attached hydrogens (primary N) is 1. The van der Waals surface area contributed by atoms with E-state index in [2.05, 4.69) is 27.7 Å². The van der Waals surface area contributed by atoms with E-state index in [9.17, 15) is 0 Å². The van der Waals surface area contributed by atoms with Crippen LogP contribution in [0.25, 0.3) is 0 Å². The molecule has 1 unspecified atom stereocenters. The van der Waals surface area contributed by atoms with Gasteiger partial charge in [0.2, 0.25) is 0 Å². The molecule has 0 bridgehead atoms. The van der Waals surface area contributed by atoms with Crippen molar-refractivity contribution in [2.75, 3.05) is 0 Å². The summed E-state index contributed by atoms with van der Waals surface area (Å²) < 4.78 is 0. The Morgan fingerprint density at radius 3 is 1.17 bits per heavy atom. The molecule has 0 amide bonds. The first kappa shape index (κ1) is 31.9. The van der Waals surface area contributed by atoms with E-state index in [0.717, 1.165) is 5.92 Å². The van der Waals surface area contributed by atoms with Crippen molar-refractivity contribution < 1.29 is 0 Å². The highest BCUT2D eigenvalue weighted by molar-refractivity contribution is 14.0. The lowest BCUT2D eigenvalue weighted by atomic mass is 9.72. The van der Waals surface area contributed by atoms with Gasteiger partial charge >= 0.3 is 0 Å². The first-order valence-electron chi connectivity index (χ1n) is 13.4. The largest absolute Gasteiger partial charge is 0.325 e. The van der Waals surface area contributed by atoms with Gasteiger partial charge in [0.15, 0.2) is 0 Å². The Kier molecular flexibility index (Phi) is 25.7. The standard InChI is InChI=1S/C27H57N.HI/c1-5-9-13-17-19-23-26(22-18-14-10-6-2)27(28,24-20-15-11-7-3)25-21-16-12-8-4;/h26H,5-25,28H2,1-4H3;1H. The fraction of sp³-hybridized carbons (Fsp3) is 1.00. The molecule has 0 rings (SSSR count). The summed E-state index contributed by atoms with van der Waals surface area (Å²) in [6.07, 6.45) is 28.7. The predicted octanol–water partition coefficient (Wildman–Crippen LogP) is 10.2. The van der Waals surface area contributed by atoms with Crippen LogP contribution in [0.3, 0.4) is 0 Å². The first-order valence-corrected chi connectivity index (χ1v) is 13.4. The highest BCUT2D eigenvalue weighted by atomic mass is 127. The summed E-state index contributed by atoms with van der Waals surface area (Å²) in [6, 6.07) is 0. The van der Waals surface area contributed by atoms with E-state index in [0.29, 0.717) is 0 Å². The summed E-state index contributed by atoms with van der Waals surface area (Å²) in [6.45, 7) is 9.26. The van der Waals surface area contributed by atoms with Gasteiger partial charge in [-0.2, -0.15) is 0 Å². The maximum Gasteiger partial charge on any atom is 0.0182 e. The Hall–Kier alpha value is 0.690. The van der Waals surface area contributed by atoms with Crippen LogP contribution in [0.1, 0.15) is 163 Å². The van der Waals surface area contributed by atoms with E-state index in [4.69, 9.17) is 5.73 Å². The Morgan fingerprint density at radius 1 is 0.483 bits per heavy atom. The number of hydrogen-bond acceptors (Lipinski definition) is 1. The van der Waals surface area contributed by atoms with Crippen LogP contribution in [0.15, 0.2) is 0 Å². The molecule has 0 radical (unpaired) electrons. The van der Waals surface area contributed by atoms with Gasteiger partial charge in [0.1, 0.15) is 0 Å². The minimum atomic E-state index is 0. The molecule has 0 aromatic carbocycles. The van der Waals surface area contributed by atoms with Gasteiger partial charge in [0.05, 0.1) is 0 Å². The van der Waals surface area contributed by atoms with Crippen LogP contribution in [0.5, 0.6) is 0 Å². The Labute approximate surface area is 203 Å². The van der Waals surface area contributed by atoms with Crippen molar-refractivity contribution in [3.05, 3.63) is 0 Å². The van der Waals surface area contributed by atoms with Crippen molar-refractivity contribution in [3.8, 4) is 0 Å². The van der Waals surface area contributed by atoms with Gasteiger partial charge in [-0.3, -0.25) is 0 Å². The second-order valence-corrected chi connectivity index (χ2v) is 9.60. The zero-order valence-electron chi connectivity index (χ0n) is 20.9. The number of hydrogen-bond donors (Lipinski definition) is 1. The van der Waals surface area contributed by atoms with Gasteiger partial charge in [-0.1, -0.05) is 137 Å². The Balaban J connectivity index is 0. The molecule has 1 atom stereocenters. The highest BCUT2D eigenvalue weighted by Crippen LogP contribution is 2.35. The molecule has 0 aliphatic carbocycles. The molecule has 0 aromatic rings. The van der Waals surface area contributed by atoms with Crippen LogP contribution in [-0.4, -0.2) is 5.54 Å². The predicted molar refractivity (Wildman–Crippen MR) is 145 cm³/mol. The van der Waals surface area contributed by atoms with Crippen LogP contribution in [0.4, 0.5) is 0 Å². The third-order valence-electron chi connectivity index (χ3n) is 6.87. The minimum absolute atomic E-state index is 0. The molecule has 0 aliphatic heterocycles. The number of rotatable bonds is 22. The lowest BCUT2D eigenvalue weighted by Crippen LogP contribution is -2.47. The van der Waals surface area contributed by atoms with Gasteiger partial charge in [0, 0.05) is 5.54 Å². The molecule has 178 valence electrons. The van der Waals surface area contributed by atoms with Crippen molar-refractivity contribution in [2.24, 2.45) is 11.7 Å². The van der Waals surface area contributed by atoms with Crippen LogP contribution < -0.4 is 5.73 Å². The average molecular weight is 524 g/mol. The Bertz CT molecular complexity index is 293. The smallest absolute Gasteiger partial charge is 0.0182 e. The second-order valence-electron chi connectivity index (χ2n) is 9.60. The van der Waals surface area contributed by atoms with E-state index in [1.165, 1.54) is 135 Å². The lowest BCUT2D eigenvalue weighted by molar-refractivity contribution is 0.190. The molecule has 0 spiro atoms. The van der Waals surface area contributed by atoms with Crippen molar-refractivity contribution in [3.63, 3.8) is 0 Å². The van der Waals surface area contributed by atoms with Crippen LogP contribution >= 0.6 is 24.0 Å². The fourth-order valence-electron chi connectivity index (χ4n) is 4.83. The first-order chi connectivity index (χ1) is 13.6. The summed E-state index contributed by atoms with van der Waals surface area (Å²) in [4.78, 5) is 0. The monoisotopic (exact) mass is 523 g/mol. The minimum Gasteiger partial charge on any atom is -0.325 e. The molecule has 1 nitrogen and oxygen atoms in total. The topological polar surface area (TPSA) is 26.0 Å². The van der Waals surface area contributed by atoms with E-state index in [1.807, 2.05) is 0 Å². The van der Waals surface area contributed by atoms with E-state index < -0.39 is 0 Å². The van der Waals surface area contributed by atoms with Crippen LogP contribution in [0, 0.1) is 5.92 Å². The van der Waals surface area contributed by atoms with E-state index in [-0.39, 0.29) is 29.5 Å². The average Bonchev–Trinajstić information content (AvgIpc) is 2.70. The Morgan fingerprint density at radius 2 is 0.793 bits per heavy atom. The van der Waals surface area contributed by atoms with Crippen molar-refractivity contribution in [1.29, 1.82) is 0 Å². The molecular formula is C27H58IN. The maximum atomic E-state index is 7.26. The zero-order chi connectivity index (χ0) is 20.9. The highest BCUT2D eigenvalue weighted by Gasteiger charge is 2.33. The SMILES string of the molecule is CCCCCCCC(CCCCCC)C(N)(CCCCCC)CCCCCC.I. The molecular weight excluding hydrogens is 465 g/mol. The van der Waals surface area contributed by atoms with Crippen LogP contribution in [-0.2, 0) is 0 Å². The molecule has 29 heavy (non-hydrogen) atoms. The summed E-state index contributed by atoms with van der Waals surface area (Å²) >= 11 is 0. The van der Waals surface area contributed by atoms with E-state index >= 15 is 0 Å². The van der Waals surface area contributed by atoms with Gasteiger partial charge in [-0.15, -0.1) is 24.0 Å². The maximum absolute atomic E-state index is 7.26. The van der Waals surface area contributed by atoms with Crippen molar-refractivity contribution in [2.45, 2.75) is 168 Å². The van der Waals surface area contributed by atoms with Gasteiger partial charge in [-0.05, 0) is 31.6 Å². The normalized spacial score (nSPS) is 12.7. The fourth-order valence-corrected chi connectivity index (χ4v) is 4.83. The van der Waals surface area contributed by atoms with Crippen LogP contribution in [0.2, 0.25) is 0 Å². The molecule has 0 aliphatic rings. The molecule has 0 aromatic heterocycles. The van der Waals surface area contributed by atoms with Gasteiger partial charge in [-0.25, -0.2) is 0 Å². The lowest BCUT2D eigenvalue weighted by Gasteiger charge is -2.39. The van der Waals surface area contributed by atoms with Crippen molar-refractivity contribution >= 4 is 24.0 Å². The zero-order valence-corrected chi connectivity index (χ0v) is 23.2. The number of unbranched alkanes of at least 4 members (excludes halogenated alkanes) is 13.